The molecule has 18 heavy (non-hydrogen) atoms. The van der Waals surface area contributed by atoms with Crippen molar-refractivity contribution in [3.05, 3.63) is 24.3 Å². The summed E-state index contributed by atoms with van der Waals surface area (Å²) in [6.45, 7) is -0.573. The lowest BCUT2D eigenvalue weighted by molar-refractivity contribution is 0.163. The summed E-state index contributed by atoms with van der Waals surface area (Å²) >= 11 is 0. The summed E-state index contributed by atoms with van der Waals surface area (Å²) in [4.78, 5) is 0.0116. The van der Waals surface area contributed by atoms with Gasteiger partial charge in [0.05, 0.1) is 12.2 Å². The van der Waals surface area contributed by atoms with Crippen LogP contribution in [0.4, 0.5) is 14.5 Å². The number of hydrogen-bond donors (Lipinski definition) is 2. The minimum absolute atomic E-state index is 0.0116. The highest BCUT2D eigenvalue weighted by Gasteiger charge is 2.29. The molecule has 0 aliphatic heterocycles. The Morgan fingerprint density at radius 2 is 1.94 bits per heavy atom. The van der Waals surface area contributed by atoms with Crippen molar-refractivity contribution in [2.24, 2.45) is 0 Å². The minimum atomic E-state index is -3.63. The highest BCUT2D eigenvalue weighted by atomic mass is 32.2. The maximum atomic E-state index is 12.1. The molecule has 7 heteroatoms. The van der Waals surface area contributed by atoms with Crippen LogP contribution < -0.4 is 10.0 Å². The van der Waals surface area contributed by atoms with Gasteiger partial charge in [0.15, 0.2) is 0 Å². The van der Waals surface area contributed by atoms with Gasteiger partial charge in [0.25, 0.3) is 6.43 Å². The molecule has 0 radical (unpaired) electrons. The number of sulfonamides is 1. The zero-order chi connectivity index (χ0) is 13.2. The molecule has 1 aromatic carbocycles. The molecule has 2 N–H and O–H groups in total. The van der Waals surface area contributed by atoms with Crippen LogP contribution in [0.2, 0.25) is 0 Å². The lowest BCUT2D eigenvalue weighted by atomic mass is 10.3. The van der Waals surface area contributed by atoms with Crippen molar-refractivity contribution in [3.63, 3.8) is 0 Å². The molecule has 0 amide bonds. The van der Waals surface area contributed by atoms with Crippen molar-refractivity contribution in [2.75, 3.05) is 11.9 Å². The third-order valence-electron chi connectivity index (χ3n) is 2.52. The van der Waals surface area contributed by atoms with Gasteiger partial charge in [-0.15, -0.1) is 0 Å². The molecule has 0 heterocycles. The molecule has 100 valence electrons. The number of alkyl halides is 2. The summed E-state index contributed by atoms with van der Waals surface area (Å²) in [5.74, 6) is 0. The monoisotopic (exact) mass is 276 g/mol. The van der Waals surface area contributed by atoms with Crippen LogP contribution in [0.15, 0.2) is 29.2 Å². The van der Waals surface area contributed by atoms with E-state index in [9.17, 15) is 17.2 Å². The second kappa shape index (κ2) is 5.19. The molecular formula is C11H14F2N2O2S. The molecule has 1 fully saturated rings. The van der Waals surface area contributed by atoms with Crippen LogP contribution >= 0.6 is 0 Å². The molecule has 0 saturated heterocycles. The molecular weight excluding hydrogens is 262 g/mol. The zero-order valence-corrected chi connectivity index (χ0v) is 10.4. The lowest BCUT2D eigenvalue weighted by Gasteiger charge is -2.12. The number of para-hydroxylation sites is 1. The van der Waals surface area contributed by atoms with Gasteiger partial charge in [-0.2, -0.15) is 0 Å². The molecule has 0 unspecified atom stereocenters. The largest absolute Gasteiger partial charge is 0.378 e. The van der Waals surface area contributed by atoms with E-state index in [0.29, 0.717) is 0 Å². The lowest BCUT2D eigenvalue weighted by Crippen LogP contribution is -2.27. The third-order valence-corrected chi connectivity index (χ3v) is 4.10. The Hall–Kier alpha value is -1.21. The van der Waals surface area contributed by atoms with Crippen molar-refractivity contribution in [1.29, 1.82) is 0 Å². The molecule has 0 atom stereocenters. The maximum Gasteiger partial charge on any atom is 0.255 e. The van der Waals surface area contributed by atoms with Gasteiger partial charge in [0, 0.05) is 6.04 Å². The van der Waals surface area contributed by atoms with Gasteiger partial charge in [-0.25, -0.2) is 21.9 Å². The Morgan fingerprint density at radius 1 is 1.28 bits per heavy atom. The Bertz CT molecular complexity index is 516. The average Bonchev–Trinajstić information content (AvgIpc) is 3.10. The average molecular weight is 276 g/mol. The van der Waals surface area contributed by atoms with Crippen LogP contribution in [0.5, 0.6) is 0 Å². The predicted octanol–water partition coefficient (Wildman–Crippen LogP) is 1.80. The van der Waals surface area contributed by atoms with E-state index in [1.807, 2.05) is 0 Å². The number of hydrogen-bond acceptors (Lipinski definition) is 3. The molecule has 1 aliphatic carbocycles. The van der Waals surface area contributed by atoms with E-state index in [4.69, 9.17) is 0 Å². The van der Waals surface area contributed by atoms with Crippen molar-refractivity contribution >= 4 is 15.7 Å². The fourth-order valence-electron chi connectivity index (χ4n) is 1.52. The number of anilines is 1. The summed E-state index contributed by atoms with van der Waals surface area (Å²) in [6.07, 6.45) is -0.880. The molecule has 1 saturated carbocycles. The first-order valence-electron chi connectivity index (χ1n) is 5.62. The standard InChI is InChI=1S/C11H14F2N2O2S/c12-11(13)7-14-9-3-1-2-4-10(9)18(16,17)15-8-5-6-8/h1-4,8,11,14-15H,5-7H2. The maximum absolute atomic E-state index is 12.1. The van der Waals surface area contributed by atoms with E-state index >= 15 is 0 Å². The summed E-state index contributed by atoms with van der Waals surface area (Å²) in [5, 5.41) is 2.44. The first kappa shape index (κ1) is 13.2. The van der Waals surface area contributed by atoms with Crippen LogP contribution in [0.3, 0.4) is 0 Å². The fraction of sp³-hybridized carbons (Fsp3) is 0.455. The van der Waals surface area contributed by atoms with Gasteiger partial charge in [0.1, 0.15) is 4.90 Å². The van der Waals surface area contributed by atoms with Crippen molar-refractivity contribution in [2.45, 2.75) is 30.2 Å². The zero-order valence-electron chi connectivity index (χ0n) is 9.57. The van der Waals surface area contributed by atoms with E-state index in [1.165, 1.54) is 12.1 Å². The second-order valence-electron chi connectivity index (χ2n) is 4.16. The SMILES string of the molecule is O=S(=O)(NC1CC1)c1ccccc1NCC(F)F. The molecule has 0 spiro atoms. The van der Waals surface area contributed by atoms with Gasteiger partial charge in [-0.1, -0.05) is 12.1 Å². The van der Waals surface area contributed by atoms with Crippen LogP contribution in [-0.4, -0.2) is 27.4 Å². The molecule has 4 nitrogen and oxygen atoms in total. The van der Waals surface area contributed by atoms with Gasteiger partial charge in [-0.3, -0.25) is 0 Å². The molecule has 2 rings (SSSR count). The van der Waals surface area contributed by atoms with Crippen molar-refractivity contribution < 1.29 is 17.2 Å². The quantitative estimate of drug-likeness (QED) is 0.833. The van der Waals surface area contributed by atoms with E-state index in [1.54, 1.807) is 12.1 Å². The number of halogens is 2. The van der Waals surface area contributed by atoms with Crippen molar-refractivity contribution in [3.8, 4) is 0 Å². The molecule has 1 aromatic rings. The number of nitrogens with one attached hydrogen (secondary N) is 2. The van der Waals surface area contributed by atoms with Crippen LogP contribution in [-0.2, 0) is 10.0 Å². The highest BCUT2D eigenvalue weighted by molar-refractivity contribution is 7.89. The molecule has 0 aromatic heterocycles. The van der Waals surface area contributed by atoms with E-state index in [2.05, 4.69) is 10.0 Å². The highest BCUT2D eigenvalue weighted by Crippen LogP contribution is 2.25. The van der Waals surface area contributed by atoms with Crippen LogP contribution in [0.1, 0.15) is 12.8 Å². The summed E-state index contributed by atoms with van der Waals surface area (Å²) in [6, 6.07) is 6.03. The van der Waals surface area contributed by atoms with E-state index < -0.39 is 23.0 Å². The van der Waals surface area contributed by atoms with Crippen LogP contribution in [0, 0.1) is 0 Å². The van der Waals surface area contributed by atoms with Gasteiger partial charge in [0.2, 0.25) is 10.0 Å². The minimum Gasteiger partial charge on any atom is -0.378 e. The van der Waals surface area contributed by atoms with E-state index in [-0.39, 0.29) is 16.6 Å². The van der Waals surface area contributed by atoms with E-state index in [0.717, 1.165) is 12.8 Å². The summed E-state index contributed by atoms with van der Waals surface area (Å²) in [7, 11) is -3.63. The third kappa shape index (κ3) is 3.39. The Kier molecular flexibility index (Phi) is 3.82. The fourth-order valence-corrected chi connectivity index (χ4v) is 3.01. The van der Waals surface area contributed by atoms with Crippen molar-refractivity contribution in [1.82, 2.24) is 4.72 Å². The summed E-state index contributed by atoms with van der Waals surface area (Å²) in [5.41, 5.74) is 0.200. The normalized spacial score (nSPS) is 15.9. The first-order chi connectivity index (χ1) is 8.49. The predicted molar refractivity (Wildman–Crippen MR) is 64.3 cm³/mol. The summed E-state index contributed by atoms with van der Waals surface area (Å²) < 4.78 is 50.8. The van der Waals surface area contributed by atoms with Crippen LogP contribution in [0.25, 0.3) is 0 Å². The van der Waals surface area contributed by atoms with Gasteiger partial charge >= 0.3 is 0 Å². The van der Waals surface area contributed by atoms with Gasteiger partial charge < -0.3 is 5.32 Å². The molecule has 0 bridgehead atoms. The Labute approximate surface area is 104 Å². The Balaban J connectivity index is 2.20. The number of benzene rings is 1. The number of rotatable bonds is 6. The molecule has 1 aliphatic rings. The second-order valence-corrected chi connectivity index (χ2v) is 5.85. The van der Waals surface area contributed by atoms with Gasteiger partial charge in [-0.05, 0) is 25.0 Å². The topological polar surface area (TPSA) is 58.2 Å². The smallest absolute Gasteiger partial charge is 0.255 e. The first-order valence-corrected chi connectivity index (χ1v) is 7.11. The Morgan fingerprint density at radius 3 is 2.56 bits per heavy atom.